The van der Waals surface area contributed by atoms with E-state index in [0.717, 1.165) is 5.69 Å². The van der Waals surface area contributed by atoms with Crippen molar-refractivity contribution in [2.75, 3.05) is 26.8 Å². The fourth-order valence-electron chi connectivity index (χ4n) is 3.09. The summed E-state index contributed by atoms with van der Waals surface area (Å²) in [6.07, 6.45) is 1.71. The number of aryl methyl sites for hydroxylation is 1. The summed E-state index contributed by atoms with van der Waals surface area (Å²) in [7, 11) is 3.50. The van der Waals surface area contributed by atoms with Crippen LogP contribution >= 0.6 is 0 Å². The topological polar surface area (TPSA) is 56.6 Å². The average Bonchev–Trinajstić information content (AvgIpc) is 2.78. The second-order valence-corrected chi connectivity index (χ2v) is 7.96. The molecular formula is C17H29N3O3. The highest BCUT2D eigenvalue weighted by atomic mass is 16.5. The molecule has 0 aromatic carbocycles. The Kier molecular flexibility index (Phi) is 4.87. The fraction of sp³-hybridized carbons (Fsp3) is 0.765. The third-order valence-corrected chi connectivity index (χ3v) is 3.89. The molecule has 0 bridgehead atoms. The third-order valence-electron chi connectivity index (χ3n) is 3.89. The molecule has 0 unspecified atom stereocenters. The molecule has 0 aliphatic carbocycles. The number of aromatic nitrogens is 2. The predicted molar refractivity (Wildman–Crippen MR) is 88.6 cm³/mol. The lowest BCUT2D eigenvalue weighted by molar-refractivity contribution is -0.143. The third kappa shape index (κ3) is 4.12. The first kappa shape index (κ1) is 17.9. The largest absolute Gasteiger partial charge is 0.382 e. The number of carbonyl (C=O) groups excluding carboxylic acids is 1. The van der Waals surface area contributed by atoms with Crippen LogP contribution in [-0.4, -0.2) is 59.1 Å². The van der Waals surface area contributed by atoms with Gasteiger partial charge in [-0.15, -0.1) is 0 Å². The minimum absolute atomic E-state index is 0.0144. The Morgan fingerprint density at radius 2 is 2.13 bits per heavy atom. The summed E-state index contributed by atoms with van der Waals surface area (Å²) in [6.45, 7) is 11.8. The monoisotopic (exact) mass is 323 g/mol. The van der Waals surface area contributed by atoms with E-state index in [0.29, 0.717) is 25.3 Å². The van der Waals surface area contributed by atoms with E-state index < -0.39 is 0 Å². The zero-order valence-electron chi connectivity index (χ0n) is 15.3. The van der Waals surface area contributed by atoms with Crippen molar-refractivity contribution in [2.24, 2.45) is 7.05 Å². The molecule has 2 heterocycles. The van der Waals surface area contributed by atoms with E-state index in [1.165, 1.54) is 0 Å². The van der Waals surface area contributed by atoms with E-state index in [4.69, 9.17) is 9.47 Å². The molecule has 1 aromatic rings. The maximum Gasteiger partial charge on any atom is 0.257 e. The molecular weight excluding hydrogens is 294 g/mol. The van der Waals surface area contributed by atoms with Gasteiger partial charge in [0, 0.05) is 38.9 Å². The first-order valence-corrected chi connectivity index (χ1v) is 8.03. The Morgan fingerprint density at radius 3 is 2.70 bits per heavy atom. The number of carbonyl (C=O) groups is 1. The summed E-state index contributed by atoms with van der Waals surface area (Å²) in [5, 5.41) is 4.50. The molecule has 1 atom stereocenters. The van der Waals surface area contributed by atoms with Crippen molar-refractivity contribution in [1.29, 1.82) is 0 Å². The summed E-state index contributed by atoms with van der Waals surface area (Å²) in [5.74, 6) is 0.0144. The second kappa shape index (κ2) is 6.24. The lowest BCUT2D eigenvalue weighted by Crippen LogP contribution is -2.55. The van der Waals surface area contributed by atoms with Crippen molar-refractivity contribution in [3.8, 4) is 0 Å². The lowest BCUT2D eigenvalue weighted by atomic mass is 9.89. The summed E-state index contributed by atoms with van der Waals surface area (Å²) in [4.78, 5) is 15.0. The molecule has 1 saturated heterocycles. The number of nitrogens with zero attached hydrogens (tertiary/aromatic N) is 3. The van der Waals surface area contributed by atoms with Crippen LogP contribution in [0.3, 0.4) is 0 Å². The number of amides is 1. The molecule has 23 heavy (non-hydrogen) atoms. The summed E-state index contributed by atoms with van der Waals surface area (Å²) in [5.41, 5.74) is 0.938. The molecule has 1 aromatic heterocycles. The number of hydrogen-bond donors (Lipinski definition) is 0. The van der Waals surface area contributed by atoms with Gasteiger partial charge in [0.2, 0.25) is 0 Å². The van der Waals surface area contributed by atoms with Crippen molar-refractivity contribution in [2.45, 2.75) is 51.7 Å². The van der Waals surface area contributed by atoms with Gasteiger partial charge in [0.05, 0.1) is 29.6 Å². The molecule has 1 aliphatic heterocycles. The van der Waals surface area contributed by atoms with Crippen LogP contribution < -0.4 is 0 Å². The van der Waals surface area contributed by atoms with Gasteiger partial charge < -0.3 is 14.4 Å². The molecule has 0 radical (unpaired) electrons. The minimum atomic E-state index is -0.388. The van der Waals surface area contributed by atoms with Gasteiger partial charge in [-0.1, -0.05) is 20.8 Å². The highest BCUT2D eigenvalue weighted by Crippen LogP contribution is 2.28. The SMILES string of the molecule is COC[C@H]1CN(C(=O)c2cn(C)nc2C(C)(C)C)CC(C)(C)O1. The Labute approximate surface area is 138 Å². The summed E-state index contributed by atoms with van der Waals surface area (Å²) >= 11 is 0. The lowest BCUT2D eigenvalue weighted by Gasteiger charge is -2.42. The van der Waals surface area contributed by atoms with E-state index in [1.807, 2.05) is 32.0 Å². The molecule has 1 amide bonds. The van der Waals surface area contributed by atoms with Gasteiger partial charge in [0.1, 0.15) is 0 Å². The van der Waals surface area contributed by atoms with Crippen LogP contribution in [0.1, 0.15) is 50.7 Å². The molecule has 0 spiro atoms. The van der Waals surface area contributed by atoms with Gasteiger partial charge in [-0.05, 0) is 13.8 Å². The molecule has 1 aliphatic rings. The first-order valence-electron chi connectivity index (χ1n) is 8.03. The zero-order chi connectivity index (χ0) is 17.4. The van der Waals surface area contributed by atoms with Crippen LogP contribution in [0.5, 0.6) is 0 Å². The summed E-state index contributed by atoms with van der Waals surface area (Å²) in [6, 6.07) is 0. The average molecular weight is 323 g/mol. The van der Waals surface area contributed by atoms with E-state index in [1.54, 1.807) is 11.8 Å². The maximum atomic E-state index is 13.1. The molecule has 1 fully saturated rings. The van der Waals surface area contributed by atoms with E-state index >= 15 is 0 Å². The van der Waals surface area contributed by atoms with Gasteiger partial charge >= 0.3 is 0 Å². The molecule has 0 N–H and O–H groups in total. The van der Waals surface area contributed by atoms with Gasteiger partial charge in [-0.2, -0.15) is 5.10 Å². The van der Waals surface area contributed by atoms with Crippen molar-refractivity contribution in [3.63, 3.8) is 0 Å². The quantitative estimate of drug-likeness (QED) is 0.853. The molecule has 6 nitrogen and oxygen atoms in total. The van der Waals surface area contributed by atoms with Crippen LogP contribution in [0, 0.1) is 0 Å². The van der Waals surface area contributed by atoms with Crippen LogP contribution in [0.15, 0.2) is 6.20 Å². The van der Waals surface area contributed by atoms with Gasteiger partial charge in [-0.25, -0.2) is 0 Å². The highest BCUT2D eigenvalue weighted by Gasteiger charge is 2.37. The number of methoxy groups -OCH3 is 1. The zero-order valence-corrected chi connectivity index (χ0v) is 15.3. The standard InChI is InChI=1S/C17H29N3O3/c1-16(2,3)14-13(9-19(6)18-14)15(21)20-8-12(10-22-7)23-17(4,5)11-20/h9,12H,8,10-11H2,1-7H3/t12-/m1/s1. The normalized spacial score (nSPS) is 21.5. The molecule has 0 saturated carbocycles. The van der Waals surface area contributed by atoms with Crippen molar-refractivity contribution < 1.29 is 14.3 Å². The molecule has 6 heteroatoms. The Morgan fingerprint density at radius 1 is 1.48 bits per heavy atom. The number of morpholine rings is 1. The number of hydrogen-bond acceptors (Lipinski definition) is 4. The Balaban J connectivity index is 2.29. The predicted octanol–water partition coefficient (Wildman–Crippen LogP) is 1.98. The Hall–Kier alpha value is -1.40. The van der Waals surface area contributed by atoms with Crippen molar-refractivity contribution in [1.82, 2.24) is 14.7 Å². The van der Waals surface area contributed by atoms with Crippen molar-refractivity contribution in [3.05, 3.63) is 17.5 Å². The smallest absolute Gasteiger partial charge is 0.257 e. The van der Waals surface area contributed by atoms with E-state index in [-0.39, 0.29) is 23.0 Å². The fourth-order valence-corrected chi connectivity index (χ4v) is 3.09. The van der Waals surface area contributed by atoms with Gasteiger partial charge in [0.25, 0.3) is 5.91 Å². The minimum Gasteiger partial charge on any atom is -0.382 e. The number of ether oxygens (including phenoxy) is 2. The summed E-state index contributed by atoms with van der Waals surface area (Å²) < 4.78 is 12.9. The van der Waals surface area contributed by atoms with Crippen molar-refractivity contribution >= 4 is 5.91 Å². The molecule has 2 rings (SSSR count). The van der Waals surface area contributed by atoms with Crippen LogP contribution in [0.25, 0.3) is 0 Å². The Bertz CT molecular complexity index is 572. The van der Waals surface area contributed by atoms with E-state index in [2.05, 4.69) is 25.9 Å². The highest BCUT2D eigenvalue weighted by molar-refractivity contribution is 5.95. The second-order valence-electron chi connectivity index (χ2n) is 7.96. The van der Waals surface area contributed by atoms with Crippen LogP contribution in [-0.2, 0) is 21.9 Å². The van der Waals surface area contributed by atoms with Crippen LogP contribution in [0.4, 0.5) is 0 Å². The first-order chi connectivity index (χ1) is 10.5. The maximum absolute atomic E-state index is 13.1. The van der Waals surface area contributed by atoms with Crippen LogP contribution in [0.2, 0.25) is 0 Å². The van der Waals surface area contributed by atoms with Gasteiger partial charge in [0.15, 0.2) is 0 Å². The van der Waals surface area contributed by atoms with E-state index in [9.17, 15) is 4.79 Å². The number of rotatable bonds is 3. The molecule has 130 valence electrons. The van der Waals surface area contributed by atoms with Gasteiger partial charge in [-0.3, -0.25) is 9.48 Å².